The van der Waals surface area contributed by atoms with Crippen LogP contribution in [0.4, 0.5) is 11.4 Å². The highest BCUT2D eigenvalue weighted by atomic mass is 16.5. The minimum atomic E-state index is -3.25. The number of benzene rings is 2. The SMILES string of the molecule is [2H]c1c([2H])c(-n2nc(C(N)=O)c3c2C(=O)N(c2ccc(N4CCCC([2H])([2H])C4=O)cc2)C([2H])([2H])C3([2H])[2H])c([2H])c([2H])c1OC([2H])([2H])[2H]. The third kappa shape index (κ3) is 3.68. The fourth-order valence-corrected chi connectivity index (χ4v) is 3.63. The molecule has 2 N–H and O–H groups in total. The molecule has 34 heavy (non-hydrogen) atoms. The Morgan fingerprint density at radius 1 is 1.06 bits per heavy atom. The summed E-state index contributed by atoms with van der Waals surface area (Å²) >= 11 is 0. The van der Waals surface area contributed by atoms with Crippen molar-refractivity contribution in [2.75, 3.05) is 29.9 Å². The van der Waals surface area contributed by atoms with E-state index in [1.807, 2.05) is 0 Å². The van der Waals surface area contributed by atoms with E-state index in [-0.39, 0.29) is 24.3 Å². The normalized spacial score (nSPS) is 26.3. The van der Waals surface area contributed by atoms with Crippen molar-refractivity contribution in [3.63, 3.8) is 0 Å². The van der Waals surface area contributed by atoms with E-state index in [4.69, 9.17) is 23.6 Å². The van der Waals surface area contributed by atoms with E-state index in [9.17, 15) is 14.4 Å². The van der Waals surface area contributed by atoms with Gasteiger partial charge >= 0.3 is 0 Å². The predicted molar refractivity (Wildman–Crippen MR) is 127 cm³/mol. The number of nitrogens with zero attached hydrogens (tertiary/aromatic N) is 4. The molecule has 1 saturated heterocycles. The van der Waals surface area contributed by atoms with E-state index in [2.05, 4.69) is 9.84 Å². The van der Waals surface area contributed by atoms with Crippen LogP contribution in [0.25, 0.3) is 5.69 Å². The summed E-state index contributed by atoms with van der Waals surface area (Å²) in [6.45, 7) is -3.06. The first kappa shape index (κ1) is 11.3. The van der Waals surface area contributed by atoms with Crippen molar-refractivity contribution >= 4 is 29.1 Å². The van der Waals surface area contributed by atoms with Gasteiger partial charge in [0.15, 0.2) is 5.69 Å². The van der Waals surface area contributed by atoms with Crippen LogP contribution in [0.2, 0.25) is 0 Å². The van der Waals surface area contributed by atoms with Gasteiger partial charge in [0.25, 0.3) is 11.8 Å². The highest BCUT2D eigenvalue weighted by Gasteiger charge is 2.34. The zero-order chi connectivity index (χ0) is 35.2. The number of amides is 3. The number of fused-ring (bicyclic) bond motifs is 1. The lowest BCUT2D eigenvalue weighted by Gasteiger charge is -2.29. The first-order chi connectivity index (χ1) is 21.5. The van der Waals surface area contributed by atoms with E-state index in [0.29, 0.717) is 16.0 Å². The zero-order valence-electron chi connectivity index (χ0n) is 30.4. The molecule has 0 spiro atoms. The molecule has 3 aromatic rings. The molecule has 1 aromatic heterocycles. The second-order valence-electron chi connectivity index (χ2n) is 7.26. The third-order valence-corrected chi connectivity index (χ3v) is 5.22. The summed E-state index contributed by atoms with van der Waals surface area (Å²) in [5.41, 5.74) is 1.87. The number of primary amides is 1. The molecule has 0 aliphatic carbocycles. The molecule has 2 aromatic carbocycles. The van der Waals surface area contributed by atoms with Gasteiger partial charge in [-0.05, 0) is 67.6 Å². The second kappa shape index (κ2) is 8.66. The number of piperidine rings is 1. The Hall–Kier alpha value is -4.14. The van der Waals surface area contributed by atoms with Gasteiger partial charge in [0.05, 0.1) is 25.1 Å². The standard InChI is InChI=1S/C25H25N5O4/c1-34-19-11-9-18(10-12-19)30-23-20(22(27-30)24(26)32)13-15-29(25(23)33)17-7-5-16(6-8-17)28-14-3-2-4-21(28)31/h5-12H,2-4,13-15H2,1H3,(H2,26,32)/i1D3,4D2,9D,10D,11D,12D,13D2,15D2. The number of hydrogen-bond acceptors (Lipinski definition) is 5. The Bertz CT molecular complexity index is 1810. The summed E-state index contributed by atoms with van der Waals surface area (Å²) in [5.74, 6) is -4.49. The fraction of sp³-hybridized carbons (Fsp3) is 0.280. The van der Waals surface area contributed by atoms with Crippen LogP contribution in [0.3, 0.4) is 0 Å². The molecule has 0 atom stereocenters. The molecular formula is C25H25N5O4. The van der Waals surface area contributed by atoms with Crippen molar-refractivity contribution in [2.45, 2.75) is 25.6 Å². The Labute approximate surface area is 215 Å². The minimum absolute atomic E-state index is 0.0278. The van der Waals surface area contributed by atoms with E-state index in [0.717, 1.165) is 0 Å². The first-order valence-electron chi connectivity index (χ1n) is 16.5. The maximum absolute atomic E-state index is 14.2. The van der Waals surface area contributed by atoms with Crippen LogP contribution in [0, 0.1) is 0 Å². The van der Waals surface area contributed by atoms with E-state index in [1.54, 1.807) is 0 Å². The number of carbonyl (C=O) groups excluding carboxylic acids is 3. The van der Waals surface area contributed by atoms with Gasteiger partial charge < -0.3 is 20.3 Å². The van der Waals surface area contributed by atoms with Gasteiger partial charge in [0.2, 0.25) is 5.91 Å². The van der Waals surface area contributed by atoms with Crippen LogP contribution < -0.4 is 20.3 Å². The van der Waals surface area contributed by atoms with Crippen molar-refractivity contribution in [1.82, 2.24) is 9.78 Å². The third-order valence-electron chi connectivity index (χ3n) is 5.22. The van der Waals surface area contributed by atoms with Crippen LogP contribution in [-0.4, -0.2) is 47.6 Å². The average molecular weight is 473 g/mol. The van der Waals surface area contributed by atoms with Crippen molar-refractivity contribution in [3.8, 4) is 11.4 Å². The Morgan fingerprint density at radius 2 is 1.76 bits per heavy atom. The number of hydrogen-bond donors (Lipinski definition) is 1. The number of methoxy groups -OCH3 is 1. The summed E-state index contributed by atoms with van der Waals surface area (Å²) in [4.78, 5) is 40.9. The molecule has 1 fully saturated rings. The summed E-state index contributed by atoms with van der Waals surface area (Å²) < 4.78 is 111. The topological polar surface area (TPSA) is 111 Å². The molecule has 3 amide bonds. The number of anilines is 2. The molecule has 2 aliphatic rings. The number of carbonyl (C=O) groups is 3. The summed E-state index contributed by atoms with van der Waals surface area (Å²) in [5, 5.41) is 3.86. The van der Waals surface area contributed by atoms with Gasteiger partial charge in [0.1, 0.15) is 11.4 Å². The number of nitrogens with two attached hydrogens (primary N) is 1. The highest BCUT2D eigenvalue weighted by molar-refractivity contribution is 6.09. The predicted octanol–water partition coefficient (Wildman–Crippen LogP) is 2.70. The van der Waals surface area contributed by atoms with Crippen molar-refractivity contribution in [2.24, 2.45) is 5.73 Å². The molecule has 3 heterocycles. The average Bonchev–Trinajstić information content (AvgIpc) is 3.37. The van der Waals surface area contributed by atoms with Crippen molar-refractivity contribution in [1.29, 1.82) is 0 Å². The van der Waals surface area contributed by atoms with Gasteiger partial charge in [-0.1, -0.05) is 0 Å². The van der Waals surface area contributed by atoms with Crippen LogP contribution >= 0.6 is 0 Å². The van der Waals surface area contributed by atoms with E-state index < -0.39 is 96.6 Å². The minimum Gasteiger partial charge on any atom is -0.497 e. The van der Waals surface area contributed by atoms with Gasteiger partial charge in [-0.2, -0.15) is 5.10 Å². The largest absolute Gasteiger partial charge is 0.497 e. The second-order valence-corrected chi connectivity index (χ2v) is 7.26. The highest BCUT2D eigenvalue weighted by Crippen LogP contribution is 2.31. The lowest BCUT2D eigenvalue weighted by Crippen LogP contribution is -2.39. The van der Waals surface area contributed by atoms with Crippen LogP contribution in [0.5, 0.6) is 5.75 Å². The smallest absolute Gasteiger partial charge is 0.277 e. The Morgan fingerprint density at radius 3 is 2.44 bits per heavy atom. The summed E-state index contributed by atoms with van der Waals surface area (Å²) in [6.07, 6.45) is -4.97. The lowest BCUT2D eigenvalue weighted by molar-refractivity contribution is -0.119. The lowest BCUT2D eigenvalue weighted by atomic mass is 10.0. The maximum Gasteiger partial charge on any atom is 0.277 e. The van der Waals surface area contributed by atoms with Crippen LogP contribution in [0.15, 0.2) is 48.4 Å². The monoisotopic (exact) mass is 472 g/mol. The Kier molecular flexibility index (Phi) is 2.88. The molecule has 9 heteroatoms. The van der Waals surface area contributed by atoms with Crippen molar-refractivity contribution < 1.29 is 36.9 Å². The van der Waals surface area contributed by atoms with Crippen LogP contribution in [-0.2, 0) is 11.2 Å². The Balaban J connectivity index is 1.71. The van der Waals surface area contributed by atoms with Crippen molar-refractivity contribution in [3.05, 3.63) is 65.4 Å². The molecule has 5 rings (SSSR count). The number of rotatable bonds is 5. The van der Waals surface area contributed by atoms with Gasteiger partial charge in [-0.25, -0.2) is 4.68 Å². The summed E-state index contributed by atoms with van der Waals surface area (Å²) in [6, 6.07) is 1.00. The number of ether oxygens (including phenoxy) is 1. The van der Waals surface area contributed by atoms with Gasteiger partial charge in [0, 0.05) is 41.8 Å². The molecule has 0 unspecified atom stereocenters. The van der Waals surface area contributed by atoms with Gasteiger partial charge in [-0.15, -0.1) is 0 Å². The fourth-order valence-electron chi connectivity index (χ4n) is 3.63. The van der Waals surface area contributed by atoms with Crippen LogP contribution in [0.1, 0.15) is 63.6 Å². The molecule has 2 aliphatic heterocycles. The first-order valence-corrected chi connectivity index (χ1v) is 10.0. The molecule has 0 saturated carbocycles. The van der Waals surface area contributed by atoms with E-state index in [1.165, 1.54) is 29.2 Å². The molecular weight excluding hydrogens is 434 g/mol. The van der Waals surface area contributed by atoms with E-state index >= 15 is 0 Å². The molecule has 0 radical (unpaired) electrons. The molecule has 174 valence electrons. The quantitative estimate of drug-likeness (QED) is 0.614. The maximum atomic E-state index is 14.2. The number of aromatic nitrogens is 2. The molecule has 9 nitrogen and oxygen atoms in total. The zero-order valence-corrected chi connectivity index (χ0v) is 17.4. The molecule has 0 bridgehead atoms. The van der Waals surface area contributed by atoms with Gasteiger partial charge in [-0.3, -0.25) is 14.4 Å². The summed E-state index contributed by atoms with van der Waals surface area (Å²) in [7, 11) is -3.17.